The molecule has 0 spiro atoms. The number of rotatable bonds is 9. The van der Waals surface area contributed by atoms with Gasteiger partial charge in [-0.2, -0.15) is 0 Å². The molecule has 7 nitrogen and oxygen atoms in total. The highest BCUT2D eigenvalue weighted by atomic mass is 19.1. The zero-order valence-corrected chi connectivity index (χ0v) is 15.4. The molecule has 8 heteroatoms. The van der Waals surface area contributed by atoms with Crippen LogP contribution in [0.4, 0.5) is 4.39 Å². The molecule has 0 radical (unpaired) electrons. The molecule has 1 aromatic carbocycles. The first-order valence-electron chi connectivity index (χ1n) is 8.30. The second kappa shape index (κ2) is 10.5. The highest BCUT2D eigenvalue weighted by molar-refractivity contribution is 5.97. The van der Waals surface area contributed by atoms with E-state index >= 15 is 0 Å². The Balaban J connectivity index is 2.71. The van der Waals surface area contributed by atoms with Crippen molar-refractivity contribution in [2.24, 2.45) is 5.92 Å². The molecule has 2 atom stereocenters. The minimum Gasteiger partial charge on any atom is -0.451 e. The van der Waals surface area contributed by atoms with Crippen LogP contribution in [0.15, 0.2) is 24.3 Å². The van der Waals surface area contributed by atoms with Gasteiger partial charge < -0.3 is 20.1 Å². The predicted molar refractivity (Wildman–Crippen MR) is 92.9 cm³/mol. The largest absolute Gasteiger partial charge is 0.451 e. The summed E-state index contributed by atoms with van der Waals surface area (Å²) in [5.41, 5.74) is -0.170. The summed E-state index contributed by atoms with van der Waals surface area (Å²) < 4.78 is 23.7. The number of carbonyl (C=O) groups is 3. The Morgan fingerprint density at radius 2 is 1.81 bits per heavy atom. The van der Waals surface area contributed by atoms with Crippen LogP contribution in [-0.2, 0) is 19.1 Å². The maximum absolute atomic E-state index is 13.7. The van der Waals surface area contributed by atoms with Gasteiger partial charge >= 0.3 is 5.97 Å². The summed E-state index contributed by atoms with van der Waals surface area (Å²) in [6, 6.07) is 4.44. The van der Waals surface area contributed by atoms with Crippen molar-refractivity contribution in [1.82, 2.24) is 10.6 Å². The van der Waals surface area contributed by atoms with Crippen LogP contribution < -0.4 is 10.6 Å². The summed E-state index contributed by atoms with van der Waals surface area (Å²) >= 11 is 0. The van der Waals surface area contributed by atoms with Gasteiger partial charge in [0, 0.05) is 13.7 Å². The Kier molecular flexibility index (Phi) is 8.71. The first-order chi connectivity index (χ1) is 12.3. The zero-order chi connectivity index (χ0) is 19.7. The highest BCUT2D eigenvalue weighted by Gasteiger charge is 2.29. The lowest BCUT2D eigenvalue weighted by molar-refractivity contribution is -0.157. The highest BCUT2D eigenvalue weighted by Crippen LogP contribution is 2.10. The van der Waals surface area contributed by atoms with Gasteiger partial charge in [0.2, 0.25) is 0 Å². The van der Waals surface area contributed by atoms with Gasteiger partial charge in [-0.1, -0.05) is 26.0 Å². The van der Waals surface area contributed by atoms with Crippen LogP contribution in [0.3, 0.4) is 0 Å². The molecular weight excluding hydrogens is 343 g/mol. The van der Waals surface area contributed by atoms with Crippen molar-refractivity contribution in [3.8, 4) is 0 Å². The lowest BCUT2D eigenvalue weighted by Crippen LogP contribution is -2.48. The van der Waals surface area contributed by atoms with E-state index in [1.54, 1.807) is 13.8 Å². The molecule has 0 aliphatic heterocycles. The van der Waals surface area contributed by atoms with Gasteiger partial charge in [-0.25, -0.2) is 9.18 Å². The predicted octanol–water partition coefficient (Wildman–Crippen LogP) is 1.27. The van der Waals surface area contributed by atoms with Crippen molar-refractivity contribution in [3.63, 3.8) is 0 Å². The molecule has 0 fully saturated rings. The molecule has 144 valence electrons. The van der Waals surface area contributed by atoms with Crippen molar-refractivity contribution in [2.75, 3.05) is 20.3 Å². The molecule has 0 aliphatic rings. The summed E-state index contributed by atoms with van der Waals surface area (Å²) in [7, 11) is 1.50. The van der Waals surface area contributed by atoms with Crippen LogP contribution in [-0.4, -0.2) is 50.2 Å². The summed E-state index contributed by atoms with van der Waals surface area (Å²) in [6.45, 7) is 5.46. The lowest BCUT2D eigenvalue weighted by atomic mass is 10.0. The Labute approximate surface area is 152 Å². The summed E-state index contributed by atoms with van der Waals surface area (Å²) in [5, 5.41) is 5.02. The van der Waals surface area contributed by atoms with Crippen LogP contribution in [0.5, 0.6) is 0 Å². The smallest absolute Gasteiger partial charge is 0.329 e. The van der Waals surface area contributed by atoms with Crippen molar-refractivity contribution in [1.29, 1.82) is 0 Å². The van der Waals surface area contributed by atoms with Gasteiger partial charge in [0.15, 0.2) is 6.10 Å². The molecule has 0 saturated carbocycles. The number of carbonyl (C=O) groups excluding carboxylic acids is 3. The van der Waals surface area contributed by atoms with Gasteiger partial charge in [-0.3, -0.25) is 9.59 Å². The lowest BCUT2D eigenvalue weighted by Gasteiger charge is -2.23. The summed E-state index contributed by atoms with van der Waals surface area (Å²) in [5.74, 6) is -2.97. The van der Waals surface area contributed by atoms with Crippen molar-refractivity contribution >= 4 is 17.8 Å². The second-order valence-electron chi connectivity index (χ2n) is 6.04. The first kappa shape index (κ1) is 21.6. The summed E-state index contributed by atoms with van der Waals surface area (Å²) in [6.07, 6.45) is -1.04. The number of esters is 1. The number of ether oxygens (including phenoxy) is 2. The van der Waals surface area contributed by atoms with Crippen molar-refractivity contribution in [3.05, 3.63) is 35.6 Å². The van der Waals surface area contributed by atoms with Crippen molar-refractivity contribution < 1.29 is 28.2 Å². The van der Waals surface area contributed by atoms with Crippen LogP contribution >= 0.6 is 0 Å². The molecule has 0 heterocycles. The zero-order valence-electron chi connectivity index (χ0n) is 15.4. The minimum absolute atomic E-state index is 0.170. The molecule has 1 aromatic rings. The molecule has 0 unspecified atom stereocenters. The molecule has 2 amide bonds. The fraction of sp³-hybridized carbons (Fsp3) is 0.500. The average Bonchev–Trinajstić information content (AvgIpc) is 2.59. The molecule has 26 heavy (non-hydrogen) atoms. The molecule has 1 rings (SSSR count). The van der Waals surface area contributed by atoms with Gasteiger partial charge in [-0.05, 0) is 25.0 Å². The van der Waals surface area contributed by atoms with Crippen LogP contribution in [0, 0.1) is 11.7 Å². The minimum atomic E-state index is -1.04. The second-order valence-corrected chi connectivity index (χ2v) is 6.04. The average molecular weight is 368 g/mol. The first-order valence-corrected chi connectivity index (χ1v) is 8.30. The summed E-state index contributed by atoms with van der Waals surface area (Å²) in [4.78, 5) is 36.4. The van der Waals surface area contributed by atoms with E-state index in [1.165, 1.54) is 32.2 Å². The number of amides is 2. The van der Waals surface area contributed by atoms with E-state index in [1.807, 2.05) is 0 Å². The van der Waals surface area contributed by atoms with E-state index in [2.05, 4.69) is 10.6 Å². The number of halogens is 1. The molecule has 0 aromatic heterocycles. The van der Waals surface area contributed by atoms with E-state index < -0.39 is 35.7 Å². The number of benzene rings is 1. The Morgan fingerprint density at radius 1 is 1.15 bits per heavy atom. The van der Waals surface area contributed by atoms with Crippen LogP contribution in [0.2, 0.25) is 0 Å². The Hall–Kier alpha value is -2.48. The molecule has 2 N–H and O–H groups in total. The number of hydrogen-bond donors (Lipinski definition) is 2. The van der Waals surface area contributed by atoms with Gasteiger partial charge in [0.1, 0.15) is 11.9 Å². The molecule has 0 saturated heterocycles. The van der Waals surface area contributed by atoms with Gasteiger partial charge in [0.05, 0.1) is 12.2 Å². The number of nitrogens with one attached hydrogen (secondary N) is 2. The fourth-order valence-electron chi connectivity index (χ4n) is 2.08. The van der Waals surface area contributed by atoms with E-state index in [-0.39, 0.29) is 18.0 Å². The third kappa shape index (κ3) is 6.44. The van der Waals surface area contributed by atoms with Gasteiger partial charge in [0.25, 0.3) is 11.8 Å². The normalized spacial score (nSPS) is 13.0. The van der Waals surface area contributed by atoms with Gasteiger partial charge in [-0.15, -0.1) is 0 Å². The Bertz CT molecular complexity index is 636. The molecule has 0 aliphatic carbocycles. The monoisotopic (exact) mass is 368 g/mol. The van der Waals surface area contributed by atoms with Crippen molar-refractivity contribution in [2.45, 2.75) is 32.9 Å². The standard InChI is InChI=1S/C18H25FN2O5/c1-11(2)15(21-17(23)13-7-5-6-8-14(13)19)18(24)26-12(3)16(22)20-9-10-25-4/h5-8,11-12,15H,9-10H2,1-4H3,(H,20,22)(H,21,23)/t12-,15-/m0/s1. The van der Waals surface area contributed by atoms with E-state index in [4.69, 9.17) is 9.47 Å². The third-order valence-electron chi connectivity index (χ3n) is 3.59. The maximum atomic E-state index is 13.7. The molecule has 0 bridgehead atoms. The fourth-order valence-corrected chi connectivity index (χ4v) is 2.08. The third-order valence-corrected chi connectivity index (χ3v) is 3.59. The number of hydrogen-bond acceptors (Lipinski definition) is 5. The van der Waals surface area contributed by atoms with E-state index in [0.717, 1.165) is 6.07 Å². The van der Waals surface area contributed by atoms with Crippen LogP contribution in [0.1, 0.15) is 31.1 Å². The quantitative estimate of drug-likeness (QED) is 0.506. The number of methoxy groups -OCH3 is 1. The molecular formula is C18H25FN2O5. The van der Waals surface area contributed by atoms with E-state index in [0.29, 0.717) is 6.61 Å². The maximum Gasteiger partial charge on any atom is 0.329 e. The Morgan fingerprint density at radius 3 is 2.38 bits per heavy atom. The topological polar surface area (TPSA) is 93.7 Å². The SMILES string of the molecule is COCCNC(=O)[C@H](C)OC(=O)[C@@H](NC(=O)c1ccccc1F)C(C)C. The van der Waals surface area contributed by atoms with E-state index in [9.17, 15) is 18.8 Å². The van der Waals surface area contributed by atoms with Crippen LogP contribution in [0.25, 0.3) is 0 Å².